The van der Waals surface area contributed by atoms with Gasteiger partial charge in [-0.25, -0.2) is 0 Å². The average Bonchev–Trinajstić information content (AvgIpc) is 2.34. The van der Waals surface area contributed by atoms with Crippen LogP contribution in [0.1, 0.15) is 18.2 Å². The summed E-state index contributed by atoms with van der Waals surface area (Å²) in [5.41, 5.74) is 2.40. The van der Waals surface area contributed by atoms with Gasteiger partial charge in [0.1, 0.15) is 0 Å². The molecule has 0 aliphatic rings. The average molecular weight is 147 g/mol. The van der Waals surface area contributed by atoms with Crippen LogP contribution in [-0.2, 0) is 7.05 Å². The maximum absolute atomic E-state index is 3.74. The third-order valence-electron chi connectivity index (χ3n) is 1.70. The van der Waals surface area contributed by atoms with E-state index in [0.717, 1.165) is 0 Å². The summed E-state index contributed by atoms with van der Waals surface area (Å²) in [7, 11) is 2.03. The largest absolute Gasteiger partial charge is 0.351 e. The first-order chi connectivity index (χ1) is 5.29. The lowest BCUT2D eigenvalue weighted by atomic mass is 10.2. The zero-order chi connectivity index (χ0) is 8.27. The summed E-state index contributed by atoms with van der Waals surface area (Å²) in [4.78, 5) is 0. The predicted octanol–water partition coefficient (Wildman–Crippen LogP) is 2.70. The molecule has 1 rings (SSSR count). The molecule has 0 spiro atoms. The van der Waals surface area contributed by atoms with E-state index in [1.54, 1.807) is 0 Å². The third-order valence-corrected chi connectivity index (χ3v) is 1.70. The number of hydrogen-bond acceptors (Lipinski definition) is 0. The van der Waals surface area contributed by atoms with Crippen LogP contribution in [0.5, 0.6) is 0 Å². The molecule has 0 fully saturated rings. The Kier molecular flexibility index (Phi) is 2.32. The van der Waals surface area contributed by atoms with Gasteiger partial charge in [-0.2, -0.15) is 0 Å². The van der Waals surface area contributed by atoms with Gasteiger partial charge in [-0.3, -0.25) is 0 Å². The second-order valence-electron chi connectivity index (χ2n) is 2.47. The van der Waals surface area contributed by atoms with Crippen LogP contribution in [0, 0.1) is 0 Å². The van der Waals surface area contributed by atoms with Crippen LogP contribution in [0.2, 0.25) is 0 Å². The van der Waals surface area contributed by atoms with E-state index in [4.69, 9.17) is 0 Å². The van der Waals surface area contributed by atoms with Gasteiger partial charge in [0, 0.05) is 18.9 Å². The van der Waals surface area contributed by atoms with Crippen molar-refractivity contribution in [2.75, 3.05) is 0 Å². The summed E-state index contributed by atoms with van der Waals surface area (Å²) in [6.07, 6.45) is 8.01. The smallest absolute Gasteiger partial charge is 0.0474 e. The van der Waals surface area contributed by atoms with E-state index in [-0.39, 0.29) is 0 Å². The van der Waals surface area contributed by atoms with E-state index in [1.807, 2.05) is 32.3 Å². The van der Waals surface area contributed by atoms with Crippen LogP contribution in [0.4, 0.5) is 0 Å². The topological polar surface area (TPSA) is 4.93 Å². The van der Waals surface area contributed by atoms with Crippen LogP contribution < -0.4 is 0 Å². The molecule has 0 aromatic carbocycles. The Morgan fingerprint density at radius 3 is 2.82 bits per heavy atom. The lowest BCUT2D eigenvalue weighted by Crippen LogP contribution is -1.88. The van der Waals surface area contributed by atoms with E-state index < -0.39 is 0 Å². The predicted molar refractivity (Wildman–Crippen MR) is 50.2 cm³/mol. The molecule has 0 radical (unpaired) electrons. The minimum Gasteiger partial charge on any atom is -0.351 e. The van der Waals surface area contributed by atoms with E-state index in [9.17, 15) is 0 Å². The Morgan fingerprint density at radius 1 is 1.55 bits per heavy atom. The van der Waals surface area contributed by atoms with Crippen LogP contribution in [0.25, 0.3) is 12.2 Å². The summed E-state index contributed by atoms with van der Waals surface area (Å²) in [6, 6.07) is 2.06. The maximum atomic E-state index is 3.74. The van der Waals surface area contributed by atoms with Gasteiger partial charge < -0.3 is 4.57 Å². The number of aryl methyl sites for hydroxylation is 1. The molecule has 0 unspecified atom stereocenters. The minimum absolute atomic E-state index is 1.19. The Hall–Kier alpha value is -1.24. The molecule has 1 heteroatoms. The highest BCUT2D eigenvalue weighted by atomic mass is 14.9. The highest BCUT2D eigenvalue weighted by Gasteiger charge is 1.97. The van der Waals surface area contributed by atoms with Crippen LogP contribution in [0.15, 0.2) is 24.9 Å². The van der Waals surface area contributed by atoms with Gasteiger partial charge in [0.2, 0.25) is 0 Å². The van der Waals surface area contributed by atoms with Crippen molar-refractivity contribution in [2.45, 2.75) is 6.92 Å². The molecule has 11 heavy (non-hydrogen) atoms. The maximum Gasteiger partial charge on any atom is 0.0474 e. The normalized spacial score (nSPS) is 10.7. The van der Waals surface area contributed by atoms with Crippen molar-refractivity contribution >= 4 is 12.2 Å². The monoisotopic (exact) mass is 147 g/mol. The summed E-state index contributed by atoms with van der Waals surface area (Å²) >= 11 is 0. The van der Waals surface area contributed by atoms with Crippen molar-refractivity contribution in [1.82, 2.24) is 4.57 Å². The number of allylic oxidation sites excluding steroid dienone is 1. The molecule has 0 saturated heterocycles. The lowest BCUT2D eigenvalue weighted by Gasteiger charge is -1.97. The minimum atomic E-state index is 1.19. The van der Waals surface area contributed by atoms with Gasteiger partial charge in [-0.05, 0) is 24.6 Å². The van der Waals surface area contributed by atoms with Crippen molar-refractivity contribution in [2.24, 2.45) is 7.05 Å². The highest BCUT2D eigenvalue weighted by molar-refractivity contribution is 5.62. The van der Waals surface area contributed by atoms with Crippen LogP contribution in [-0.4, -0.2) is 4.57 Å². The Balaban J connectivity index is 3.17. The molecule has 58 valence electrons. The standard InChI is InChI=1S/C10H13N/c1-4-6-10-9(5-2)7-8-11(10)3/h4-8H,2H2,1,3H3. The van der Waals surface area contributed by atoms with Gasteiger partial charge >= 0.3 is 0 Å². The molecule has 0 bridgehead atoms. The first kappa shape index (κ1) is 7.86. The summed E-state index contributed by atoms with van der Waals surface area (Å²) in [5.74, 6) is 0. The van der Waals surface area contributed by atoms with Crippen molar-refractivity contribution in [3.8, 4) is 0 Å². The highest BCUT2D eigenvalue weighted by Crippen LogP contribution is 2.12. The first-order valence-corrected chi connectivity index (χ1v) is 3.70. The molecule has 1 heterocycles. The molecular weight excluding hydrogens is 134 g/mol. The molecule has 1 aromatic rings. The van der Waals surface area contributed by atoms with Gasteiger partial charge in [0.15, 0.2) is 0 Å². The number of rotatable bonds is 2. The molecule has 1 aromatic heterocycles. The fourth-order valence-electron chi connectivity index (χ4n) is 1.11. The molecule has 0 amide bonds. The number of aromatic nitrogens is 1. The van der Waals surface area contributed by atoms with E-state index in [2.05, 4.69) is 23.3 Å². The van der Waals surface area contributed by atoms with Crippen molar-refractivity contribution in [1.29, 1.82) is 0 Å². The quantitative estimate of drug-likeness (QED) is 0.606. The van der Waals surface area contributed by atoms with E-state index >= 15 is 0 Å². The summed E-state index contributed by atoms with van der Waals surface area (Å²) in [6.45, 7) is 5.75. The van der Waals surface area contributed by atoms with Crippen molar-refractivity contribution in [3.63, 3.8) is 0 Å². The lowest BCUT2D eigenvalue weighted by molar-refractivity contribution is 0.914. The molecule has 0 aliphatic heterocycles. The summed E-state index contributed by atoms with van der Waals surface area (Å²) in [5, 5.41) is 0. The fraction of sp³-hybridized carbons (Fsp3) is 0.200. The Morgan fingerprint density at radius 2 is 2.27 bits per heavy atom. The van der Waals surface area contributed by atoms with Crippen molar-refractivity contribution in [3.05, 3.63) is 36.2 Å². The molecule has 0 aliphatic carbocycles. The van der Waals surface area contributed by atoms with Gasteiger partial charge in [0.05, 0.1) is 0 Å². The Labute approximate surface area is 67.7 Å². The number of hydrogen-bond donors (Lipinski definition) is 0. The molecule has 0 saturated carbocycles. The first-order valence-electron chi connectivity index (χ1n) is 3.70. The molecule has 1 nitrogen and oxygen atoms in total. The van der Waals surface area contributed by atoms with Crippen molar-refractivity contribution < 1.29 is 0 Å². The van der Waals surface area contributed by atoms with E-state index in [1.165, 1.54) is 11.3 Å². The second-order valence-corrected chi connectivity index (χ2v) is 2.47. The second kappa shape index (κ2) is 3.24. The van der Waals surface area contributed by atoms with Gasteiger partial charge in [-0.1, -0.05) is 18.7 Å². The fourth-order valence-corrected chi connectivity index (χ4v) is 1.11. The molecular formula is C10H13N. The third kappa shape index (κ3) is 1.43. The summed E-state index contributed by atoms with van der Waals surface area (Å²) < 4.78 is 2.08. The van der Waals surface area contributed by atoms with Crippen LogP contribution in [0.3, 0.4) is 0 Å². The Bertz CT molecular complexity index is 279. The van der Waals surface area contributed by atoms with E-state index in [0.29, 0.717) is 0 Å². The van der Waals surface area contributed by atoms with Crippen LogP contribution >= 0.6 is 0 Å². The zero-order valence-corrected chi connectivity index (χ0v) is 7.04. The molecule has 0 N–H and O–H groups in total. The van der Waals surface area contributed by atoms with Gasteiger partial charge in [-0.15, -0.1) is 0 Å². The van der Waals surface area contributed by atoms with Gasteiger partial charge in [0.25, 0.3) is 0 Å². The SMILES string of the molecule is C=Cc1ccn(C)c1C=CC. The zero-order valence-electron chi connectivity index (χ0n) is 7.04. The number of nitrogens with zero attached hydrogens (tertiary/aromatic N) is 1. The molecule has 0 atom stereocenters.